The summed E-state index contributed by atoms with van der Waals surface area (Å²) in [6.45, 7) is 5.04. The van der Waals surface area contributed by atoms with E-state index in [2.05, 4.69) is 6.92 Å². The molecule has 25 heavy (non-hydrogen) atoms. The second-order valence-electron chi connectivity index (χ2n) is 8.06. The molecule has 2 aliphatic rings. The summed E-state index contributed by atoms with van der Waals surface area (Å²) in [5.41, 5.74) is -0.131. The third kappa shape index (κ3) is 3.02. The number of carboxylic acid groups (broad SMARTS) is 1. The van der Waals surface area contributed by atoms with Crippen LogP contribution in [0.1, 0.15) is 63.7 Å². The van der Waals surface area contributed by atoms with E-state index in [0.29, 0.717) is 17.9 Å². The molecular weight excluding hydrogens is 363 g/mol. The van der Waals surface area contributed by atoms with Gasteiger partial charge >= 0.3 is 5.97 Å². The molecule has 2 N–H and O–H groups in total. The van der Waals surface area contributed by atoms with Crippen LogP contribution in [0, 0.1) is 11.3 Å². The smallest absolute Gasteiger partial charge is 0.347 e. The van der Waals surface area contributed by atoms with Crippen molar-refractivity contribution < 1.29 is 19.7 Å². The zero-order valence-electron chi connectivity index (χ0n) is 14.7. The van der Waals surface area contributed by atoms with Gasteiger partial charge in [-0.3, -0.25) is 0 Å². The lowest BCUT2D eigenvalue weighted by Crippen LogP contribution is -2.38. The Bertz CT molecular complexity index is 710. The predicted molar refractivity (Wildman–Crippen MR) is 97.5 cm³/mol. The van der Waals surface area contributed by atoms with Crippen LogP contribution < -0.4 is 4.74 Å². The van der Waals surface area contributed by atoms with Gasteiger partial charge in [-0.05, 0) is 50.7 Å². The molecule has 1 aromatic carbocycles. The van der Waals surface area contributed by atoms with Crippen LogP contribution in [-0.2, 0) is 11.2 Å². The summed E-state index contributed by atoms with van der Waals surface area (Å²) in [6, 6.07) is 1.75. The van der Waals surface area contributed by atoms with E-state index < -0.39 is 17.7 Å². The van der Waals surface area contributed by atoms with Crippen molar-refractivity contribution in [1.29, 1.82) is 0 Å². The van der Waals surface area contributed by atoms with Crippen LogP contribution in [0.15, 0.2) is 6.07 Å². The maximum absolute atomic E-state index is 11.3. The molecule has 0 saturated heterocycles. The average Bonchev–Trinajstić information content (AvgIpc) is 3.13. The highest BCUT2D eigenvalue weighted by Crippen LogP contribution is 2.58. The molecule has 1 aromatic rings. The number of hydrogen-bond acceptors (Lipinski definition) is 3. The van der Waals surface area contributed by atoms with Gasteiger partial charge in [0.25, 0.3) is 0 Å². The van der Waals surface area contributed by atoms with E-state index in [-0.39, 0.29) is 21.2 Å². The van der Waals surface area contributed by atoms with E-state index in [1.165, 1.54) is 26.7 Å². The Balaban J connectivity index is 2.00. The van der Waals surface area contributed by atoms with Crippen molar-refractivity contribution in [2.75, 3.05) is 0 Å². The van der Waals surface area contributed by atoms with Crippen molar-refractivity contribution >= 4 is 29.2 Å². The Labute approximate surface area is 158 Å². The lowest BCUT2D eigenvalue weighted by Gasteiger charge is -2.35. The largest absolute Gasteiger partial charge is 0.478 e. The van der Waals surface area contributed by atoms with Crippen molar-refractivity contribution in [3.05, 3.63) is 27.2 Å². The highest BCUT2D eigenvalue weighted by atomic mass is 35.5. The van der Waals surface area contributed by atoms with Crippen molar-refractivity contribution in [2.45, 2.75) is 64.6 Å². The van der Waals surface area contributed by atoms with Gasteiger partial charge < -0.3 is 14.9 Å². The molecule has 0 aromatic heterocycles. The van der Waals surface area contributed by atoms with Crippen LogP contribution in [0.4, 0.5) is 0 Å². The van der Waals surface area contributed by atoms with Gasteiger partial charge in [-0.1, -0.05) is 43.0 Å². The Morgan fingerprint density at radius 1 is 1.28 bits per heavy atom. The first-order chi connectivity index (χ1) is 11.6. The molecule has 2 atom stereocenters. The lowest BCUT2D eigenvalue weighted by molar-refractivity contribution is -0.152. The summed E-state index contributed by atoms with van der Waals surface area (Å²) >= 11 is 12.8. The summed E-state index contributed by atoms with van der Waals surface area (Å²) in [5, 5.41) is 20.7. The third-order valence-electron chi connectivity index (χ3n) is 5.93. The van der Waals surface area contributed by atoms with E-state index in [4.69, 9.17) is 27.9 Å². The van der Waals surface area contributed by atoms with Crippen LogP contribution in [-0.4, -0.2) is 21.8 Å². The molecule has 138 valence electrons. The molecule has 0 bridgehead atoms. The zero-order valence-corrected chi connectivity index (χ0v) is 16.2. The van der Waals surface area contributed by atoms with Crippen LogP contribution in [0.3, 0.4) is 0 Å². The minimum Gasteiger partial charge on any atom is -0.478 e. The number of carbonyl (C=O) groups is 1. The Morgan fingerprint density at radius 2 is 1.88 bits per heavy atom. The summed E-state index contributed by atoms with van der Waals surface area (Å²) in [6.07, 6.45) is 4.63. The van der Waals surface area contributed by atoms with E-state index in [1.807, 2.05) is 0 Å². The third-order valence-corrected chi connectivity index (χ3v) is 6.80. The first-order valence-corrected chi connectivity index (χ1v) is 9.45. The molecule has 0 radical (unpaired) electrons. The number of carboxylic acids is 1. The highest BCUT2D eigenvalue weighted by molar-refractivity contribution is 6.43. The summed E-state index contributed by atoms with van der Waals surface area (Å²) in [5.74, 6) is -0.388. The van der Waals surface area contributed by atoms with Gasteiger partial charge in [-0.25, -0.2) is 4.79 Å². The molecule has 2 aliphatic carbocycles. The Morgan fingerprint density at radius 3 is 2.44 bits per heavy atom. The molecule has 2 unspecified atom stereocenters. The number of halogens is 2. The summed E-state index contributed by atoms with van der Waals surface area (Å²) in [4.78, 5) is 11.3. The Hall–Kier alpha value is -0.970. The van der Waals surface area contributed by atoms with Gasteiger partial charge in [0.05, 0.1) is 11.1 Å². The number of aliphatic hydroxyl groups excluding tert-OH is 1. The van der Waals surface area contributed by atoms with Crippen LogP contribution in [0.25, 0.3) is 0 Å². The van der Waals surface area contributed by atoms with Gasteiger partial charge in [-0.15, -0.1) is 0 Å². The maximum Gasteiger partial charge on any atom is 0.347 e. The molecule has 0 amide bonds. The van der Waals surface area contributed by atoms with Gasteiger partial charge in [0.1, 0.15) is 10.8 Å². The first kappa shape index (κ1) is 18.8. The quantitative estimate of drug-likeness (QED) is 0.761. The average molecular weight is 387 g/mol. The zero-order chi connectivity index (χ0) is 18.6. The van der Waals surface area contributed by atoms with E-state index in [1.54, 1.807) is 6.07 Å². The summed E-state index contributed by atoms with van der Waals surface area (Å²) in [7, 11) is 0. The number of rotatable bonds is 4. The fourth-order valence-electron chi connectivity index (χ4n) is 4.29. The molecule has 3 rings (SSSR count). The van der Waals surface area contributed by atoms with E-state index in [0.717, 1.165) is 18.4 Å². The monoisotopic (exact) mass is 386 g/mol. The standard InChI is InChI=1S/C19H24Cl2O4/c1-18(2,17(23)24)25-12-8-10-9-19(3,11-6-4-5-7-11)16(22)13(10)15(21)14(12)20/h8,11,16,22H,4-7,9H2,1-3H3,(H,23,24). The second kappa shape index (κ2) is 6.33. The van der Waals surface area contributed by atoms with Gasteiger partial charge in [-0.2, -0.15) is 0 Å². The number of benzene rings is 1. The van der Waals surface area contributed by atoms with Crippen LogP contribution in [0.2, 0.25) is 10.0 Å². The van der Waals surface area contributed by atoms with Crippen molar-refractivity contribution in [3.8, 4) is 5.75 Å². The van der Waals surface area contributed by atoms with Crippen molar-refractivity contribution in [3.63, 3.8) is 0 Å². The molecule has 4 nitrogen and oxygen atoms in total. The fourth-order valence-corrected chi connectivity index (χ4v) is 4.80. The maximum atomic E-state index is 11.3. The van der Waals surface area contributed by atoms with Crippen molar-refractivity contribution in [1.82, 2.24) is 0 Å². The number of hydrogen-bond donors (Lipinski definition) is 2. The highest BCUT2D eigenvalue weighted by Gasteiger charge is 2.49. The normalized spacial score (nSPS) is 26.7. The minimum absolute atomic E-state index is 0.157. The second-order valence-corrected chi connectivity index (χ2v) is 8.82. The molecule has 1 fully saturated rings. The van der Waals surface area contributed by atoms with Gasteiger partial charge in [0.2, 0.25) is 0 Å². The predicted octanol–water partition coefficient (Wildman–Crippen LogP) is 5.02. The van der Waals surface area contributed by atoms with Crippen LogP contribution in [0.5, 0.6) is 5.75 Å². The summed E-state index contributed by atoms with van der Waals surface area (Å²) < 4.78 is 5.63. The topological polar surface area (TPSA) is 66.8 Å². The number of ether oxygens (including phenoxy) is 1. The molecule has 6 heteroatoms. The van der Waals surface area contributed by atoms with Crippen molar-refractivity contribution in [2.24, 2.45) is 11.3 Å². The number of fused-ring (bicyclic) bond motifs is 1. The van der Waals surface area contributed by atoms with E-state index in [9.17, 15) is 15.0 Å². The molecule has 1 saturated carbocycles. The molecular formula is C19H24Cl2O4. The molecule has 0 spiro atoms. The molecule has 0 aliphatic heterocycles. The molecule has 0 heterocycles. The first-order valence-electron chi connectivity index (χ1n) is 8.69. The van der Waals surface area contributed by atoms with Gasteiger partial charge in [0.15, 0.2) is 5.60 Å². The minimum atomic E-state index is -1.42. The lowest BCUT2D eigenvalue weighted by atomic mass is 9.72. The van der Waals surface area contributed by atoms with E-state index >= 15 is 0 Å². The van der Waals surface area contributed by atoms with Crippen LogP contribution >= 0.6 is 23.2 Å². The SMILES string of the molecule is CC(C)(Oc1cc2c(c(Cl)c1Cl)C(O)C(C)(C1CCCC1)C2)C(=O)O. The fraction of sp³-hybridized carbons (Fsp3) is 0.632. The Kier molecular flexibility index (Phi) is 4.76. The number of aliphatic carboxylic acids is 1. The number of aliphatic hydroxyl groups is 1. The van der Waals surface area contributed by atoms with Gasteiger partial charge in [0, 0.05) is 11.0 Å².